The summed E-state index contributed by atoms with van der Waals surface area (Å²) in [6.45, 7) is 12.3. The predicted octanol–water partition coefficient (Wildman–Crippen LogP) is 0.656. The zero-order valence-electron chi connectivity index (χ0n) is 16.4. The van der Waals surface area contributed by atoms with Crippen molar-refractivity contribution in [1.29, 1.82) is 0 Å². The summed E-state index contributed by atoms with van der Waals surface area (Å²) in [6.07, 6.45) is 1.16. The number of hydrogen-bond acceptors (Lipinski definition) is 5. The molecular formula is C18H36N4O3. The van der Waals surface area contributed by atoms with Gasteiger partial charge in [-0.2, -0.15) is 0 Å². The maximum Gasteiger partial charge on any atom is 0.193 e. The van der Waals surface area contributed by atoms with Crippen LogP contribution in [0.5, 0.6) is 0 Å². The topological polar surface area (TPSA) is 58.6 Å². The molecule has 1 N–H and O–H groups in total. The Morgan fingerprint density at radius 2 is 2.20 bits per heavy atom. The van der Waals surface area contributed by atoms with Crippen LogP contribution in [0.15, 0.2) is 4.99 Å². The standard InChI is InChI=1S/C18H36N4O3/c1-15(22-7-8-24-13-16(22)2)11-20-18(19-3)21-6-5-17(12-21)14-25-10-9-23-4/h15-17H,5-14H2,1-4H3,(H,19,20). The maximum absolute atomic E-state index is 5.68. The number of morpholine rings is 1. The van der Waals surface area contributed by atoms with Gasteiger partial charge in [0, 0.05) is 58.3 Å². The summed E-state index contributed by atoms with van der Waals surface area (Å²) in [4.78, 5) is 9.34. The molecule has 2 rings (SSSR count). The van der Waals surface area contributed by atoms with Crippen LogP contribution in [0.3, 0.4) is 0 Å². The van der Waals surface area contributed by atoms with E-state index in [1.54, 1.807) is 7.11 Å². The third-order valence-corrected chi connectivity index (χ3v) is 5.12. The van der Waals surface area contributed by atoms with Gasteiger partial charge >= 0.3 is 0 Å². The monoisotopic (exact) mass is 356 g/mol. The van der Waals surface area contributed by atoms with Crippen LogP contribution in [0.25, 0.3) is 0 Å². The van der Waals surface area contributed by atoms with E-state index in [1.165, 1.54) is 0 Å². The minimum Gasteiger partial charge on any atom is -0.382 e. The Hall–Kier alpha value is -0.890. The Morgan fingerprint density at radius 1 is 1.36 bits per heavy atom. The number of nitrogens with zero attached hydrogens (tertiary/aromatic N) is 3. The summed E-state index contributed by atoms with van der Waals surface area (Å²) < 4.78 is 16.2. The van der Waals surface area contributed by atoms with Crippen molar-refractivity contribution >= 4 is 5.96 Å². The average molecular weight is 357 g/mol. The van der Waals surface area contributed by atoms with Gasteiger partial charge in [-0.3, -0.25) is 9.89 Å². The SMILES string of the molecule is CN=C(NCC(C)N1CCOCC1C)N1CCC(COCCOC)C1. The molecule has 0 aromatic carbocycles. The van der Waals surface area contributed by atoms with E-state index in [2.05, 4.69) is 34.0 Å². The Labute approximate surface area is 152 Å². The van der Waals surface area contributed by atoms with Crippen molar-refractivity contribution in [2.45, 2.75) is 32.4 Å². The van der Waals surface area contributed by atoms with Gasteiger partial charge in [-0.25, -0.2) is 0 Å². The highest BCUT2D eigenvalue weighted by atomic mass is 16.5. The first-order valence-electron chi connectivity index (χ1n) is 9.51. The van der Waals surface area contributed by atoms with Gasteiger partial charge in [0.05, 0.1) is 33.0 Å². The van der Waals surface area contributed by atoms with Crippen LogP contribution >= 0.6 is 0 Å². The Morgan fingerprint density at radius 3 is 2.92 bits per heavy atom. The maximum atomic E-state index is 5.68. The second kappa shape index (κ2) is 11.0. The van der Waals surface area contributed by atoms with Gasteiger partial charge in [0.2, 0.25) is 0 Å². The van der Waals surface area contributed by atoms with Crippen molar-refractivity contribution in [3.63, 3.8) is 0 Å². The minimum atomic E-state index is 0.464. The molecule has 0 radical (unpaired) electrons. The molecule has 2 aliphatic heterocycles. The summed E-state index contributed by atoms with van der Waals surface area (Å²) in [5, 5.41) is 3.56. The zero-order chi connectivity index (χ0) is 18.1. The number of likely N-dealkylation sites (tertiary alicyclic amines) is 1. The third kappa shape index (κ3) is 6.40. The molecule has 0 amide bonds. The average Bonchev–Trinajstić information content (AvgIpc) is 3.08. The van der Waals surface area contributed by atoms with Crippen LogP contribution in [0.1, 0.15) is 20.3 Å². The smallest absolute Gasteiger partial charge is 0.193 e. The number of rotatable bonds is 8. The molecule has 2 fully saturated rings. The Kier molecular flexibility index (Phi) is 8.95. The van der Waals surface area contributed by atoms with E-state index in [1.807, 2.05) is 7.05 Å². The lowest BCUT2D eigenvalue weighted by molar-refractivity contribution is -0.0175. The molecule has 0 aromatic rings. The molecule has 0 saturated carbocycles. The van der Waals surface area contributed by atoms with Crippen molar-refractivity contribution in [1.82, 2.24) is 15.1 Å². The van der Waals surface area contributed by atoms with Crippen LogP contribution < -0.4 is 5.32 Å². The molecule has 3 atom stereocenters. The molecule has 3 unspecified atom stereocenters. The van der Waals surface area contributed by atoms with E-state index in [0.29, 0.717) is 31.2 Å². The van der Waals surface area contributed by atoms with Crippen LogP contribution in [-0.4, -0.2) is 101 Å². The molecule has 146 valence electrons. The number of guanidine groups is 1. The normalized spacial score (nSPS) is 26.9. The summed E-state index contributed by atoms with van der Waals surface area (Å²) >= 11 is 0. The van der Waals surface area contributed by atoms with Gasteiger partial charge in [0.25, 0.3) is 0 Å². The predicted molar refractivity (Wildman–Crippen MR) is 100 cm³/mol. The van der Waals surface area contributed by atoms with Crippen molar-refractivity contribution in [3.05, 3.63) is 0 Å². The molecule has 2 aliphatic rings. The molecule has 7 heteroatoms. The van der Waals surface area contributed by atoms with Crippen molar-refractivity contribution in [3.8, 4) is 0 Å². The summed E-state index contributed by atoms with van der Waals surface area (Å²) in [5.74, 6) is 1.58. The summed E-state index contributed by atoms with van der Waals surface area (Å²) in [7, 11) is 3.57. The van der Waals surface area contributed by atoms with E-state index in [9.17, 15) is 0 Å². The minimum absolute atomic E-state index is 0.464. The Balaban J connectivity index is 1.71. The highest BCUT2D eigenvalue weighted by molar-refractivity contribution is 5.80. The molecular weight excluding hydrogens is 320 g/mol. The second-order valence-electron chi connectivity index (χ2n) is 7.11. The fourth-order valence-electron chi connectivity index (χ4n) is 3.64. The van der Waals surface area contributed by atoms with Gasteiger partial charge in [-0.1, -0.05) is 0 Å². The largest absolute Gasteiger partial charge is 0.382 e. The lowest BCUT2D eigenvalue weighted by Crippen LogP contribution is -2.53. The first-order chi connectivity index (χ1) is 12.2. The van der Waals surface area contributed by atoms with Crippen LogP contribution in [-0.2, 0) is 14.2 Å². The number of ether oxygens (including phenoxy) is 3. The third-order valence-electron chi connectivity index (χ3n) is 5.12. The fraction of sp³-hybridized carbons (Fsp3) is 0.944. The van der Waals surface area contributed by atoms with Gasteiger partial charge in [-0.15, -0.1) is 0 Å². The van der Waals surface area contributed by atoms with Crippen molar-refractivity contribution in [2.75, 3.05) is 73.4 Å². The lowest BCUT2D eigenvalue weighted by atomic mass is 10.1. The molecule has 2 saturated heterocycles. The van der Waals surface area contributed by atoms with Crippen molar-refractivity contribution in [2.24, 2.45) is 10.9 Å². The zero-order valence-corrected chi connectivity index (χ0v) is 16.4. The Bertz CT molecular complexity index is 408. The number of methoxy groups -OCH3 is 1. The fourth-order valence-corrected chi connectivity index (χ4v) is 3.64. The van der Waals surface area contributed by atoms with E-state index in [-0.39, 0.29) is 0 Å². The molecule has 7 nitrogen and oxygen atoms in total. The van der Waals surface area contributed by atoms with E-state index < -0.39 is 0 Å². The first kappa shape index (κ1) is 20.4. The molecule has 2 heterocycles. The van der Waals surface area contributed by atoms with Crippen LogP contribution in [0, 0.1) is 5.92 Å². The van der Waals surface area contributed by atoms with Crippen LogP contribution in [0.2, 0.25) is 0 Å². The van der Waals surface area contributed by atoms with Crippen molar-refractivity contribution < 1.29 is 14.2 Å². The van der Waals surface area contributed by atoms with Gasteiger partial charge in [0.15, 0.2) is 5.96 Å². The highest BCUT2D eigenvalue weighted by Gasteiger charge is 2.27. The highest BCUT2D eigenvalue weighted by Crippen LogP contribution is 2.17. The van der Waals surface area contributed by atoms with Gasteiger partial charge in [0.1, 0.15) is 0 Å². The van der Waals surface area contributed by atoms with Crippen LogP contribution in [0.4, 0.5) is 0 Å². The molecule has 25 heavy (non-hydrogen) atoms. The molecule has 0 spiro atoms. The second-order valence-corrected chi connectivity index (χ2v) is 7.11. The summed E-state index contributed by atoms with van der Waals surface area (Å²) in [6, 6.07) is 0.944. The lowest BCUT2D eigenvalue weighted by Gasteiger charge is -2.38. The number of aliphatic imine (C=N–C) groups is 1. The van der Waals surface area contributed by atoms with E-state index in [4.69, 9.17) is 14.2 Å². The van der Waals surface area contributed by atoms with Gasteiger partial charge in [-0.05, 0) is 20.3 Å². The van der Waals surface area contributed by atoms with E-state index >= 15 is 0 Å². The summed E-state index contributed by atoms with van der Waals surface area (Å²) in [5.41, 5.74) is 0. The number of hydrogen-bond donors (Lipinski definition) is 1. The molecule has 0 aliphatic carbocycles. The van der Waals surface area contributed by atoms with E-state index in [0.717, 1.165) is 58.4 Å². The quantitative estimate of drug-likeness (QED) is 0.392. The molecule has 0 aromatic heterocycles. The first-order valence-corrected chi connectivity index (χ1v) is 9.51. The number of nitrogens with one attached hydrogen (secondary N) is 1. The molecule has 0 bridgehead atoms. The van der Waals surface area contributed by atoms with Gasteiger partial charge < -0.3 is 24.4 Å².